The summed E-state index contributed by atoms with van der Waals surface area (Å²) in [6.45, 7) is 5.98. The zero-order valence-electron chi connectivity index (χ0n) is 8.05. The van der Waals surface area contributed by atoms with Crippen LogP contribution < -0.4 is 5.32 Å². The smallest absolute Gasteiger partial charge is 0.323 e. The summed E-state index contributed by atoms with van der Waals surface area (Å²) in [6.07, 6.45) is 0. The molecule has 0 fully saturated rings. The first-order chi connectivity index (χ1) is 5.40. The molecule has 0 amide bonds. The third-order valence-corrected chi connectivity index (χ3v) is 1.64. The van der Waals surface area contributed by atoms with Crippen molar-refractivity contribution in [2.45, 2.75) is 32.4 Å². The van der Waals surface area contributed by atoms with Crippen molar-refractivity contribution in [1.29, 1.82) is 0 Å². The van der Waals surface area contributed by atoms with Crippen molar-refractivity contribution >= 4 is 18.6 Å². The molecule has 72 valence electrons. The van der Waals surface area contributed by atoms with Gasteiger partial charge in [-0.3, -0.25) is 10.1 Å². The maximum Gasteiger partial charge on any atom is 0.323 e. The highest BCUT2D eigenvalue weighted by Crippen LogP contribution is 2.03. The molecule has 0 saturated heterocycles. The lowest BCUT2D eigenvalue weighted by atomic mass is 10.1. The number of thiol groups is 1. The van der Waals surface area contributed by atoms with E-state index in [-0.39, 0.29) is 17.6 Å². The van der Waals surface area contributed by atoms with Crippen molar-refractivity contribution in [3.63, 3.8) is 0 Å². The highest BCUT2D eigenvalue weighted by molar-refractivity contribution is 7.80. The summed E-state index contributed by atoms with van der Waals surface area (Å²) in [5.74, 6) is 0.184. The molecule has 0 aromatic heterocycles. The number of ether oxygens (including phenoxy) is 1. The van der Waals surface area contributed by atoms with Crippen LogP contribution >= 0.6 is 12.6 Å². The lowest BCUT2D eigenvalue weighted by Gasteiger charge is -2.25. The summed E-state index contributed by atoms with van der Waals surface area (Å²) in [6, 6.07) is -0.321. The zero-order valence-corrected chi connectivity index (χ0v) is 8.94. The molecule has 0 aromatic rings. The van der Waals surface area contributed by atoms with Crippen LogP contribution in [0.2, 0.25) is 0 Å². The third-order valence-electron chi connectivity index (χ3n) is 1.28. The number of esters is 1. The van der Waals surface area contributed by atoms with Gasteiger partial charge in [0, 0.05) is 11.3 Å². The summed E-state index contributed by atoms with van der Waals surface area (Å²) < 4.78 is 4.60. The molecule has 1 unspecified atom stereocenters. The number of carbonyl (C=O) groups is 1. The summed E-state index contributed by atoms with van der Waals surface area (Å²) in [5, 5.41) is 3.11. The van der Waals surface area contributed by atoms with E-state index in [2.05, 4.69) is 22.7 Å². The molecule has 0 aromatic carbocycles. The van der Waals surface area contributed by atoms with Gasteiger partial charge in [0.1, 0.15) is 6.04 Å². The SMILES string of the molecule is COC(=O)C(CS)NC(C)(C)C. The van der Waals surface area contributed by atoms with Gasteiger partial charge in [0.05, 0.1) is 7.11 Å². The van der Waals surface area contributed by atoms with Crippen molar-refractivity contribution in [3.05, 3.63) is 0 Å². The quantitative estimate of drug-likeness (QED) is 0.513. The van der Waals surface area contributed by atoms with Crippen LogP contribution in [0.25, 0.3) is 0 Å². The minimum absolute atomic E-state index is 0.0956. The maximum absolute atomic E-state index is 11.1. The number of carbonyl (C=O) groups excluding carboxylic acids is 1. The van der Waals surface area contributed by atoms with Crippen LogP contribution in [0.3, 0.4) is 0 Å². The summed E-state index contributed by atoms with van der Waals surface area (Å²) in [5.41, 5.74) is -0.0956. The first-order valence-corrected chi connectivity index (χ1v) is 4.50. The van der Waals surface area contributed by atoms with Gasteiger partial charge in [-0.2, -0.15) is 12.6 Å². The maximum atomic E-state index is 11.1. The Morgan fingerprint density at radius 2 is 2.08 bits per heavy atom. The Hall–Kier alpha value is -0.220. The van der Waals surface area contributed by atoms with Crippen LogP contribution in [0.5, 0.6) is 0 Å². The molecule has 0 bridgehead atoms. The molecular formula is C8H17NO2S. The van der Waals surface area contributed by atoms with Crippen molar-refractivity contribution < 1.29 is 9.53 Å². The second kappa shape index (κ2) is 4.72. The number of methoxy groups -OCH3 is 1. The van der Waals surface area contributed by atoms with E-state index in [4.69, 9.17) is 0 Å². The van der Waals surface area contributed by atoms with E-state index in [9.17, 15) is 4.79 Å². The molecule has 0 aliphatic heterocycles. The Kier molecular flexibility index (Phi) is 4.63. The van der Waals surface area contributed by atoms with Crippen LogP contribution in [-0.4, -0.2) is 30.4 Å². The van der Waals surface area contributed by atoms with E-state index >= 15 is 0 Å². The van der Waals surface area contributed by atoms with Crippen LogP contribution in [0.15, 0.2) is 0 Å². The van der Waals surface area contributed by atoms with Crippen molar-refractivity contribution in [1.82, 2.24) is 5.32 Å². The van der Waals surface area contributed by atoms with Gasteiger partial charge in [0.2, 0.25) is 0 Å². The van der Waals surface area contributed by atoms with Crippen molar-refractivity contribution in [3.8, 4) is 0 Å². The van der Waals surface area contributed by atoms with Gasteiger partial charge in [-0.05, 0) is 20.8 Å². The molecular weight excluding hydrogens is 174 g/mol. The molecule has 0 heterocycles. The lowest BCUT2D eigenvalue weighted by Crippen LogP contribution is -2.49. The summed E-state index contributed by atoms with van der Waals surface area (Å²) in [7, 11) is 1.38. The molecule has 1 atom stereocenters. The fourth-order valence-corrected chi connectivity index (χ4v) is 1.08. The van der Waals surface area contributed by atoms with E-state index in [1.807, 2.05) is 20.8 Å². The Balaban J connectivity index is 4.09. The zero-order chi connectivity index (χ0) is 9.78. The standard InChI is InChI=1S/C8H17NO2S/c1-8(2,3)9-6(5-12)7(10)11-4/h6,9,12H,5H2,1-4H3. The van der Waals surface area contributed by atoms with Gasteiger partial charge < -0.3 is 4.74 Å². The Bertz CT molecular complexity index is 154. The topological polar surface area (TPSA) is 38.3 Å². The molecule has 0 aliphatic rings. The average Bonchev–Trinajstić information content (AvgIpc) is 1.97. The molecule has 0 aliphatic carbocycles. The van der Waals surface area contributed by atoms with Crippen LogP contribution in [0, 0.1) is 0 Å². The summed E-state index contributed by atoms with van der Waals surface area (Å²) >= 11 is 4.06. The number of nitrogens with one attached hydrogen (secondary N) is 1. The highest BCUT2D eigenvalue weighted by Gasteiger charge is 2.22. The lowest BCUT2D eigenvalue weighted by molar-refractivity contribution is -0.142. The normalized spacial score (nSPS) is 14.1. The summed E-state index contributed by atoms with van der Waals surface area (Å²) in [4.78, 5) is 11.1. The van der Waals surface area contributed by atoms with Crippen molar-refractivity contribution in [2.75, 3.05) is 12.9 Å². The minimum atomic E-state index is -0.321. The van der Waals surface area contributed by atoms with Gasteiger partial charge in [-0.1, -0.05) is 0 Å². The molecule has 0 rings (SSSR count). The molecule has 0 radical (unpaired) electrons. The van der Waals surface area contributed by atoms with Crippen LogP contribution in [-0.2, 0) is 9.53 Å². The van der Waals surface area contributed by atoms with Crippen molar-refractivity contribution in [2.24, 2.45) is 0 Å². The predicted molar refractivity (Wildman–Crippen MR) is 52.5 cm³/mol. The first-order valence-electron chi connectivity index (χ1n) is 3.87. The predicted octanol–water partition coefficient (Wildman–Crippen LogP) is 0.846. The highest BCUT2D eigenvalue weighted by atomic mass is 32.1. The van der Waals surface area contributed by atoms with Crippen LogP contribution in [0.1, 0.15) is 20.8 Å². The fourth-order valence-electron chi connectivity index (χ4n) is 0.844. The number of rotatable bonds is 3. The van der Waals surface area contributed by atoms with E-state index in [1.165, 1.54) is 7.11 Å². The Morgan fingerprint density at radius 3 is 2.33 bits per heavy atom. The molecule has 0 spiro atoms. The first kappa shape index (κ1) is 11.8. The second-order valence-electron chi connectivity index (χ2n) is 3.65. The van der Waals surface area contributed by atoms with E-state index in [0.717, 1.165) is 0 Å². The third kappa shape index (κ3) is 4.62. The molecule has 4 heteroatoms. The Labute approximate surface area is 79.3 Å². The van der Waals surface area contributed by atoms with E-state index in [0.29, 0.717) is 5.75 Å². The number of hydrogen-bond acceptors (Lipinski definition) is 4. The van der Waals surface area contributed by atoms with Gasteiger partial charge >= 0.3 is 5.97 Å². The second-order valence-corrected chi connectivity index (χ2v) is 4.02. The number of hydrogen-bond donors (Lipinski definition) is 2. The monoisotopic (exact) mass is 191 g/mol. The minimum Gasteiger partial charge on any atom is -0.468 e. The fraction of sp³-hybridized carbons (Fsp3) is 0.875. The molecule has 1 N–H and O–H groups in total. The largest absolute Gasteiger partial charge is 0.468 e. The van der Waals surface area contributed by atoms with Gasteiger partial charge in [0.15, 0.2) is 0 Å². The van der Waals surface area contributed by atoms with Gasteiger partial charge in [-0.25, -0.2) is 0 Å². The average molecular weight is 191 g/mol. The molecule has 12 heavy (non-hydrogen) atoms. The van der Waals surface area contributed by atoms with E-state index in [1.54, 1.807) is 0 Å². The molecule has 0 saturated carbocycles. The van der Waals surface area contributed by atoms with E-state index < -0.39 is 0 Å². The van der Waals surface area contributed by atoms with Crippen LogP contribution in [0.4, 0.5) is 0 Å². The van der Waals surface area contributed by atoms with Gasteiger partial charge in [-0.15, -0.1) is 0 Å². The Morgan fingerprint density at radius 1 is 1.58 bits per heavy atom. The van der Waals surface area contributed by atoms with Gasteiger partial charge in [0.25, 0.3) is 0 Å². The molecule has 3 nitrogen and oxygen atoms in total.